The van der Waals surface area contributed by atoms with Crippen LogP contribution in [0.15, 0.2) is 24.3 Å². The van der Waals surface area contributed by atoms with Gasteiger partial charge in [0.2, 0.25) is 5.95 Å². The van der Waals surface area contributed by atoms with Gasteiger partial charge in [-0.3, -0.25) is 0 Å². The summed E-state index contributed by atoms with van der Waals surface area (Å²) in [6, 6.07) is 7.97. The molecule has 2 aromatic rings. The summed E-state index contributed by atoms with van der Waals surface area (Å²) in [4.78, 5) is 7.61. The SMILES string of the molecule is CC(C)OCCNc1nc2ccccc2[nH]1. The number of para-hydroxylation sites is 2. The maximum absolute atomic E-state index is 5.43. The van der Waals surface area contributed by atoms with Gasteiger partial charge in [-0.15, -0.1) is 0 Å². The number of benzene rings is 1. The zero-order valence-electron chi connectivity index (χ0n) is 9.66. The first kappa shape index (κ1) is 11.0. The highest BCUT2D eigenvalue weighted by Gasteiger charge is 2.00. The van der Waals surface area contributed by atoms with Crippen molar-refractivity contribution in [3.8, 4) is 0 Å². The highest BCUT2D eigenvalue weighted by atomic mass is 16.5. The van der Waals surface area contributed by atoms with Crippen molar-refractivity contribution in [2.24, 2.45) is 0 Å². The summed E-state index contributed by atoms with van der Waals surface area (Å²) in [5.41, 5.74) is 2.03. The molecule has 0 bridgehead atoms. The number of nitrogens with one attached hydrogen (secondary N) is 2. The normalized spacial score (nSPS) is 11.2. The molecule has 4 nitrogen and oxygen atoms in total. The molecule has 0 amide bonds. The number of rotatable bonds is 5. The molecule has 0 fully saturated rings. The summed E-state index contributed by atoms with van der Waals surface area (Å²) in [5.74, 6) is 0.800. The minimum absolute atomic E-state index is 0.275. The fourth-order valence-electron chi connectivity index (χ4n) is 1.50. The largest absolute Gasteiger partial charge is 0.377 e. The van der Waals surface area contributed by atoms with Crippen LogP contribution in [0, 0.1) is 0 Å². The fraction of sp³-hybridized carbons (Fsp3) is 0.417. The van der Waals surface area contributed by atoms with Gasteiger partial charge in [0, 0.05) is 6.54 Å². The maximum atomic E-state index is 5.43. The summed E-state index contributed by atoms with van der Waals surface area (Å²) >= 11 is 0. The van der Waals surface area contributed by atoms with E-state index in [1.54, 1.807) is 0 Å². The van der Waals surface area contributed by atoms with E-state index in [2.05, 4.69) is 15.3 Å². The Balaban J connectivity index is 1.89. The molecule has 0 aliphatic carbocycles. The first-order chi connectivity index (χ1) is 7.75. The fourth-order valence-corrected chi connectivity index (χ4v) is 1.50. The molecule has 0 radical (unpaired) electrons. The van der Waals surface area contributed by atoms with Crippen molar-refractivity contribution in [2.45, 2.75) is 20.0 Å². The Hall–Kier alpha value is -1.55. The van der Waals surface area contributed by atoms with Gasteiger partial charge < -0.3 is 15.0 Å². The molecule has 86 valence electrons. The molecule has 2 N–H and O–H groups in total. The van der Waals surface area contributed by atoms with Gasteiger partial charge in [-0.2, -0.15) is 0 Å². The van der Waals surface area contributed by atoms with Crippen molar-refractivity contribution in [2.75, 3.05) is 18.5 Å². The van der Waals surface area contributed by atoms with E-state index in [0.717, 1.165) is 23.5 Å². The summed E-state index contributed by atoms with van der Waals surface area (Å²) in [6.07, 6.45) is 0.275. The molecule has 0 aliphatic rings. The molecular formula is C12H17N3O. The molecule has 1 aromatic heterocycles. The first-order valence-electron chi connectivity index (χ1n) is 5.56. The Labute approximate surface area is 95.0 Å². The highest BCUT2D eigenvalue weighted by molar-refractivity contribution is 5.77. The zero-order valence-corrected chi connectivity index (χ0v) is 9.66. The second kappa shape index (κ2) is 4.99. The predicted octanol–water partition coefficient (Wildman–Crippen LogP) is 2.40. The van der Waals surface area contributed by atoms with Gasteiger partial charge in [-0.25, -0.2) is 4.98 Å². The van der Waals surface area contributed by atoms with E-state index in [0.29, 0.717) is 6.61 Å². The van der Waals surface area contributed by atoms with Crippen LogP contribution >= 0.6 is 0 Å². The van der Waals surface area contributed by atoms with Crippen molar-refractivity contribution in [1.82, 2.24) is 9.97 Å². The quantitative estimate of drug-likeness (QED) is 0.759. The number of H-pyrrole nitrogens is 1. The van der Waals surface area contributed by atoms with Crippen LogP contribution in [-0.2, 0) is 4.74 Å². The zero-order chi connectivity index (χ0) is 11.4. The second-order valence-corrected chi connectivity index (χ2v) is 3.95. The van der Waals surface area contributed by atoms with Crippen LogP contribution in [0.1, 0.15) is 13.8 Å². The molecule has 0 saturated carbocycles. The lowest BCUT2D eigenvalue weighted by atomic mass is 10.3. The van der Waals surface area contributed by atoms with E-state index >= 15 is 0 Å². The second-order valence-electron chi connectivity index (χ2n) is 3.95. The van der Waals surface area contributed by atoms with Crippen molar-refractivity contribution in [1.29, 1.82) is 0 Å². The summed E-state index contributed by atoms with van der Waals surface area (Å²) in [6.45, 7) is 5.51. The molecule has 1 heterocycles. The van der Waals surface area contributed by atoms with E-state index in [9.17, 15) is 0 Å². The third kappa shape index (κ3) is 2.73. The lowest BCUT2D eigenvalue weighted by molar-refractivity contribution is 0.0870. The molecule has 4 heteroatoms. The molecule has 0 saturated heterocycles. The third-order valence-electron chi connectivity index (χ3n) is 2.24. The number of anilines is 1. The molecule has 0 atom stereocenters. The smallest absolute Gasteiger partial charge is 0.201 e. The van der Waals surface area contributed by atoms with Crippen molar-refractivity contribution >= 4 is 17.0 Å². The number of hydrogen-bond acceptors (Lipinski definition) is 3. The molecular weight excluding hydrogens is 202 g/mol. The molecule has 16 heavy (non-hydrogen) atoms. The van der Waals surface area contributed by atoms with Gasteiger partial charge in [0.15, 0.2) is 0 Å². The van der Waals surface area contributed by atoms with E-state index in [-0.39, 0.29) is 6.10 Å². The van der Waals surface area contributed by atoms with Crippen molar-refractivity contribution in [3.63, 3.8) is 0 Å². The van der Waals surface area contributed by atoms with E-state index in [1.807, 2.05) is 38.1 Å². The average Bonchev–Trinajstić information content (AvgIpc) is 2.66. The number of hydrogen-bond donors (Lipinski definition) is 2. The standard InChI is InChI=1S/C12H17N3O/c1-9(2)16-8-7-13-12-14-10-5-3-4-6-11(10)15-12/h3-6,9H,7-8H2,1-2H3,(H2,13,14,15). The molecule has 0 unspecified atom stereocenters. The topological polar surface area (TPSA) is 49.9 Å². The summed E-state index contributed by atoms with van der Waals surface area (Å²) < 4.78 is 5.43. The summed E-state index contributed by atoms with van der Waals surface area (Å²) in [5, 5.41) is 3.20. The van der Waals surface area contributed by atoms with Crippen LogP contribution in [0.5, 0.6) is 0 Å². The lowest BCUT2D eigenvalue weighted by Gasteiger charge is -2.07. The molecule has 1 aromatic carbocycles. The van der Waals surface area contributed by atoms with E-state index in [4.69, 9.17) is 4.74 Å². The Bertz CT molecular complexity index is 417. The van der Waals surface area contributed by atoms with Crippen LogP contribution in [0.25, 0.3) is 11.0 Å². The van der Waals surface area contributed by atoms with Crippen molar-refractivity contribution in [3.05, 3.63) is 24.3 Å². The average molecular weight is 219 g/mol. The van der Waals surface area contributed by atoms with Gasteiger partial charge in [-0.1, -0.05) is 12.1 Å². The first-order valence-corrected chi connectivity index (χ1v) is 5.56. The highest BCUT2D eigenvalue weighted by Crippen LogP contribution is 2.12. The van der Waals surface area contributed by atoms with Crippen LogP contribution in [0.4, 0.5) is 5.95 Å². The number of aromatic amines is 1. The van der Waals surface area contributed by atoms with Gasteiger partial charge in [-0.05, 0) is 26.0 Å². The maximum Gasteiger partial charge on any atom is 0.201 e. The Morgan fingerprint density at radius 3 is 2.94 bits per heavy atom. The predicted molar refractivity (Wildman–Crippen MR) is 65.7 cm³/mol. The Morgan fingerprint density at radius 2 is 2.19 bits per heavy atom. The number of aromatic nitrogens is 2. The van der Waals surface area contributed by atoms with E-state index < -0.39 is 0 Å². The lowest BCUT2D eigenvalue weighted by Crippen LogP contribution is -2.13. The number of fused-ring (bicyclic) bond motifs is 1. The van der Waals surface area contributed by atoms with Gasteiger partial charge in [0.1, 0.15) is 0 Å². The van der Waals surface area contributed by atoms with Crippen LogP contribution in [-0.4, -0.2) is 29.2 Å². The third-order valence-corrected chi connectivity index (χ3v) is 2.24. The number of ether oxygens (including phenoxy) is 1. The molecule has 2 rings (SSSR count). The Morgan fingerprint density at radius 1 is 1.38 bits per heavy atom. The van der Waals surface area contributed by atoms with Crippen LogP contribution in [0.3, 0.4) is 0 Å². The molecule has 0 spiro atoms. The van der Waals surface area contributed by atoms with Crippen LogP contribution < -0.4 is 5.32 Å². The van der Waals surface area contributed by atoms with Crippen LogP contribution in [0.2, 0.25) is 0 Å². The minimum atomic E-state index is 0.275. The van der Waals surface area contributed by atoms with Crippen molar-refractivity contribution < 1.29 is 4.74 Å². The van der Waals surface area contributed by atoms with Gasteiger partial charge in [0.25, 0.3) is 0 Å². The number of imidazole rings is 1. The van der Waals surface area contributed by atoms with Gasteiger partial charge >= 0.3 is 0 Å². The number of nitrogens with zero attached hydrogens (tertiary/aromatic N) is 1. The Kier molecular flexibility index (Phi) is 3.41. The minimum Gasteiger partial charge on any atom is -0.377 e. The van der Waals surface area contributed by atoms with Gasteiger partial charge in [0.05, 0.1) is 23.7 Å². The van der Waals surface area contributed by atoms with E-state index in [1.165, 1.54) is 0 Å². The monoisotopic (exact) mass is 219 g/mol. The molecule has 0 aliphatic heterocycles. The summed E-state index contributed by atoms with van der Waals surface area (Å²) in [7, 11) is 0.